The number of carbonyl (C=O) groups excluding carboxylic acids is 1. The summed E-state index contributed by atoms with van der Waals surface area (Å²) < 4.78 is 41.7. The van der Waals surface area contributed by atoms with Gasteiger partial charge in [-0.3, -0.25) is 9.78 Å². The van der Waals surface area contributed by atoms with Gasteiger partial charge in [-0.2, -0.15) is 8.78 Å². The molecule has 0 spiro atoms. The summed E-state index contributed by atoms with van der Waals surface area (Å²) >= 11 is 0. The lowest BCUT2D eigenvalue weighted by molar-refractivity contribution is -0.141. The van der Waals surface area contributed by atoms with Gasteiger partial charge in [0.1, 0.15) is 5.82 Å². The minimum absolute atomic E-state index is 0.00964. The summed E-state index contributed by atoms with van der Waals surface area (Å²) in [5, 5.41) is 9.70. The van der Waals surface area contributed by atoms with Crippen LogP contribution < -0.4 is 4.90 Å². The van der Waals surface area contributed by atoms with E-state index in [9.17, 15) is 23.1 Å². The molecule has 1 aliphatic heterocycles. The fourth-order valence-corrected chi connectivity index (χ4v) is 2.68. The van der Waals surface area contributed by atoms with Gasteiger partial charge in [-0.15, -0.1) is 0 Å². The van der Waals surface area contributed by atoms with E-state index in [0.717, 1.165) is 17.2 Å². The van der Waals surface area contributed by atoms with Gasteiger partial charge < -0.3 is 10.0 Å². The van der Waals surface area contributed by atoms with Crippen LogP contribution in [0.1, 0.15) is 29.8 Å². The van der Waals surface area contributed by atoms with Gasteiger partial charge in [-0.1, -0.05) is 12.1 Å². The van der Waals surface area contributed by atoms with E-state index in [2.05, 4.69) is 4.98 Å². The number of hydrogen-bond donors (Lipinski definition) is 1. The van der Waals surface area contributed by atoms with Crippen LogP contribution in [0.3, 0.4) is 0 Å². The average Bonchev–Trinajstić information content (AvgIpc) is 2.70. The summed E-state index contributed by atoms with van der Waals surface area (Å²) in [6.45, 7) is 1.16. The Kier molecular flexibility index (Phi) is 3.60. The summed E-state index contributed by atoms with van der Waals surface area (Å²) in [7, 11) is 0. The minimum Gasteiger partial charge on any atom is -0.389 e. The number of benzene rings is 1. The Bertz CT molecular complexity index is 760. The zero-order valence-corrected chi connectivity index (χ0v) is 12.1. The number of amides is 1. The Balaban J connectivity index is 2.06. The van der Waals surface area contributed by atoms with Gasteiger partial charge in [0.15, 0.2) is 0 Å². The maximum absolute atomic E-state index is 14.4. The normalized spacial score (nSPS) is 17.3. The van der Waals surface area contributed by atoms with E-state index in [1.807, 2.05) is 0 Å². The van der Waals surface area contributed by atoms with Crippen LogP contribution in [0.4, 0.5) is 18.9 Å². The van der Waals surface area contributed by atoms with Crippen molar-refractivity contribution in [3.05, 3.63) is 59.2 Å². The predicted molar refractivity (Wildman–Crippen MR) is 76.4 cm³/mol. The Morgan fingerprint density at radius 2 is 2.04 bits per heavy atom. The standard InChI is InChI=1S/C16H13F3N2O2/c1-9(22)12-3-2-4-13-14(12)16(18,19)15(23)21(13)8-11-6-5-10(17)7-20-11/h2-7,9,22H,8H2,1H3/t9-/m0/s1. The molecule has 0 radical (unpaired) electrons. The van der Waals surface area contributed by atoms with Gasteiger partial charge in [0.25, 0.3) is 0 Å². The number of anilines is 1. The van der Waals surface area contributed by atoms with Gasteiger partial charge in [0.05, 0.1) is 35.8 Å². The van der Waals surface area contributed by atoms with Crippen LogP contribution >= 0.6 is 0 Å². The van der Waals surface area contributed by atoms with E-state index < -0.39 is 29.3 Å². The first kappa shape index (κ1) is 15.5. The summed E-state index contributed by atoms with van der Waals surface area (Å²) in [4.78, 5) is 16.8. The topological polar surface area (TPSA) is 53.4 Å². The molecule has 0 bridgehead atoms. The molecule has 0 saturated carbocycles. The van der Waals surface area contributed by atoms with Crippen LogP contribution in [0.2, 0.25) is 0 Å². The van der Waals surface area contributed by atoms with Gasteiger partial charge in [0, 0.05) is 0 Å². The number of nitrogens with zero attached hydrogens (tertiary/aromatic N) is 2. The zero-order valence-electron chi connectivity index (χ0n) is 12.1. The first-order valence-corrected chi connectivity index (χ1v) is 6.94. The van der Waals surface area contributed by atoms with Crippen LogP contribution in [0, 0.1) is 5.82 Å². The number of pyridine rings is 1. The highest BCUT2D eigenvalue weighted by Crippen LogP contribution is 2.47. The Morgan fingerprint density at radius 3 is 2.65 bits per heavy atom. The molecule has 1 aromatic carbocycles. The largest absolute Gasteiger partial charge is 0.389 e. The summed E-state index contributed by atoms with van der Waals surface area (Å²) in [5.74, 6) is -5.65. The van der Waals surface area contributed by atoms with Crippen LogP contribution in [0.5, 0.6) is 0 Å². The van der Waals surface area contributed by atoms with Crippen molar-refractivity contribution in [2.75, 3.05) is 4.90 Å². The van der Waals surface area contributed by atoms with Gasteiger partial charge >= 0.3 is 11.8 Å². The van der Waals surface area contributed by atoms with Crippen LogP contribution in [0.25, 0.3) is 0 Å². The lowest BCUT2D eigenvalue weighted by atomic mass is 9.98. The Morgan fingerprint density at radius 1 is 1.30 bits per heavy atom. The zero-order chi connectivity index (χ0) is 16.8. The van der Waals surface area contributed by atoms with E-state index in [0.29, 0.717) is 0 Å². The van der Waals surface area contributed by atoms with Crippen molar-refractivity contribution in [2.24, 2.45) is 0 Å². The molecule has 1 aliphatic rings. The number of aliphatic hydroxyl groups excluding tert-OH is 1. The maximum Gasteiger partial charge on any atom is 0.352 e. The number of aliphatic hydroxyl groups is 1. The second kappa shape index (κ2) is 5.34. The summed E-state index contributed by atoms with van der Waals surface area (Å²) in [5.41, 5.74) is -0.159. The number of rotatable bonds is 3. The first-order chi connectivity index (χ1) is 10.8. The van der Waals surface area contributed by atoms with Crippen molar-refractivity contribution >= 4 is 11.6 Å². The van der Waals surface area contributed by atoms with Crippen LogP contribution in [-0.4, -0.2) is 16.0 Å². The molecule has 1 aromatic heterocycles. The van der Waals surface area contributed by atoms with Gasteiger partial charge in [-0.25, -0.2) is 4.39 Å². The molecule has 7 heteroatoms. The highest BCUT2D eigenvalue weighted by Gasteiger charge is 2.54. The third kappa shape index (κ3) is 2.46. The molecule has 0 fully saturated rings. The highest BCUT2D eigenvalue weighted by atomic mass is 19.3. The number of alkyl halides is 2. The second-order valence-corrected chi connectivity index (χ2v) is 5.35. The molecule has 0 saturated heterocycles. The molecule has 3 rings (SSSR count). The monoisotopic (exact) mass is 322 g/mol. The van der Waals surface area contributed by atoms with E-state index in [1.165, 1.54) is 31.2 Å². The van der Waals surface area contributed by atoms with Crippen molar-refractivity contribution in [3.63, 3.8) is 0 Å². The quantitative estimate of drug-likeness (QED) is 0.945. The molecular weight excluding hydrogens is 309 g/mol. The average molecular weight is 322 g/mol. The van der Waals surface area contributed by atoms with Crippen molar-refractivity contribution in [1.29, 1.82) is 0 Å². The summed E-state index contributed by atoms with van der Waals surface area (Å²) in [6.07, 6.45) is -0.172. The SMILES string of the molecule is C[C@H](O)c1cccc2c1C(F)(F)C(=O)N2Cc1ccc(F)cn1. The van der Waals surface area contributed by atoms with Crippen molar-refractivity contribution < 1.29 is 23.1 Å². The molecule has 1 N–H and O–H groups in total. The van der Waals surface area contributed by atoms with E-state index in [1.54, 1.807) is 0 Å². The molecule has 0 unspecified atom stereocenters. The fourth-order valence-electron chi connectivity index (χ4n) is 2.68. The fraction of sp³-hybridized carbons (Fsp3) is 0.250. The smallest absolute Gasteiger partial charge is 0.352 e. The minimum atomic E-state index is -3.72. The first-order valence-electron chi connectivity index (χ1n) is 6.94. The number of carbonyl (C=O) groups is 1. The lowest BCUT2D eigenvalue weighted by Crippen LogP contribution is -2.34. The van der Waals surface area contributed by atoms with Crippen molar-refractivity contribution in [2.45, 2.75) is 25.5 Å². The number of aromatic nitrogens is 1. The molecule has 1 atom stereocenters. The van der Waals surface area contributed by atoms with Crippen LogP contribution in [0.15, 0.2) is 36.5 Å². The number of fused-ring (bicyclic) bond motifs is 1. The lowest BCUT2D eigenvalue weighted by Gasteiger charge is -2.17. The van der Waals surface area contributed by atoms with Gasteiger partial charge in [-0.05, 0) is 30.7 Å². The van der Waals surface area contributed by atoms with Crippen LogP contribution in [-0.2, 0) is 17.3 Å². The molecule has 2 heterocycles. The van der Waals surface area contributed by atoms with Crippen molar-refractivity contribution in [3.8, 4) is 0 Å². The van der Waals surface area contributed by atoms with E-state index in [4.69, 9.17) is 0 Å². The molecule has 23 heavy (non-hydrogen) atoms. The number of hydrogen-bond acceptors (Lipinski definition) is 3. The molecule has 0 aliphatic carbocycles. The molecular formula is C16H13F3N2O2. The van der Waals surface area contributed by atoms with E-state index in [-0.39, 0.29) is 23.5 Å². The number of halogens is 3. The second-order valence-electron chi connectivity index (χ2n) is 5.35. The molecule has 2 aromatic rings. The summed E-state index contributed by atoms with van der Waals surface area (Å²) in [6, 6.07) is 6.74. The van der Waals surface area contributed by atoms with Gasteiger partial charge in [0.2, 0.25) is 0 Å². The highest BCUT2D eigenvalue weighted by molar-refractivity contribution is 6.06. The third-order valence-electron chi connectivity index (χ3n) is 3.75. The third-order valence-corrected chi connectivity index (χ3v) is 3.75. The maximum atomic E-state index is 14.4. The molecule has 4 nitrogen and oxygen atoms in total. The Labute approximate surface area is 130 Å². The van der Waals surface area contributed by atoms with Crippen molar-refractivity contribution in [1.82, 2.24) is 4.98 Å². The molecule has 120 valence electrons. The molecule has 1 amide bonds. The van der Waals surface area contributed by atoms with E-state index >= 15 is 0 Å². The Hall–Kier alpha value is -2.41. The predicted octanol–water partition coefficient (Wildman–Crippen LogP) is 2.91.